The number of quaternary nitrogens is 1. The van der Waals surface area contributed by atoms with Crippen molar-refractivity contribution in [3.8, 4) is 0 Å². The summed E-state index contributed by atoms with van der Waals surface area (Å²) in [5.74, 6) is -0.736. The first kappa shape index (κ1) is 28.4. The molecule has 0 fully saturated rings. The molecule has 3 rings (SSSR count). The summed E-state index contributed by atoms with van der Waals surface area (Å²) in [6.07, 6.45) is -1.10. The fraction of sp³-hybridized carbons (Fsp3) is 0.321. The molecular weight excluding hydrogens is 501 g/mol. The van der Waals surface area contributed by atoms with Crippen molar-refractivity contribution in [2.75, 3.05) is 6.54 Å². The SMILES string of the molecule is CC(C)[N+](CC(C(=C[O-])c1cccnc1)c1ccccc1)(C(C)C)S(=O)(=O)c1ccccc1C(F)(F)F. The Kier molecular flexibility index (Phi) is 8.49. The molecule has 0 N–H and O–H groups in total. The smallest absolute Gasteiger partial charge is 0.417 e. The first-order chi connectivity index (χ1) is 17.4. The van der Waals surface area contributed by atoms with Crippen LogP contribution in [-0.4, -0.2) is 35.9 Å². The van der Waals surface area contributed by atoms with Gasteiger partial charge in [0.05, 0.1) is 23.6 Å². The van der Waals surface area contributed by atoms with Gasteiger partial charge in [0.2, 0.25) is 0 Å². The van der Waals surface area contributed by atoms with Crippen LogP contribution in [0.5, 0.6) is 0 Å². The van der Waals surface area contributed by atoms with Gasteiger partial charge in [-0.05, 0) is 62.6 Å². The second-order valence-electron chi connectivity index (χ2n) is 9.47. The van der Waals surface area contributed by atoms with Crippen molar-refractivity contribution >= 4 is 15.6 Å². The molecule has 0 bridgehead atoms. The van der Waals surface area contributed by atoms with Crippen molar-refractivity contribution < 1.29 is 30.6 Å². The van der Waals surface area contributed by atoms with Crippen LogP contribution in [0.2, 0.25) is 0 Å². The number of hydrogen-bond donors (Lipinski definition) is 0. The van der Waals surface area contributed by atoms with Crippen LogP contribution in [0, 0.1) is 0 Å². The topological polar surface area (TPSA) is 70.1 Å². The highest BCUT2D eigenvalue weighted by atomic mass is 32.2. The Labute approximate surface area is 216 Å². The Morgan fingerprint density at radius 1 is 0.946 bits per heavy atom. The van der Waals surface area contributed by atoms with Crippen LogP contribution in [-0.2, 0) is 16.2 Å². The molecule has 0 saturated heterocycles. The summed E-state index contributed by atoms with van der Waals surface area (Å²) in [6, 6.07) is 15.3. The van der Waals surface area contributed by atoms with E-state index in [1.807, 2.05) is 0 Å². The Bertz CT molecular complexity index is 1320. The molecule has 2 aromatic carbocycles. The molecule has 1 atom stereocenters. The predicted molar refractivity (Wildman–Crippen MR) is 135 cm³/mol. The lowest BCUT2D eigenvalue weighted by molar-refractivity contribution is -0.851. The van der Waals surface area contributed by atoms with Crippen molar-refractivity contribution in [2.24, 2.45) is 0 Å². The number of hydrogen-bond acceptors (Lipinski definition) is 4. The molecule has 0 aliphatic carbocycles. The van der Waals surface area contributed by atoms with E-state index in [1.54, 1.807) is 76.4 Å². The number of aromatic nitrogens is 1. The third-order valence-electron chi connectivity index (χ3n) is 6.83. The second-order valence-corrected chi connectivity index (χ2v) is 11.5. The van der Waals surface area contributed by atoms with Crippen LogP contribution in [0.3, 0.4) is 0 Å². The van der Waals surface area contributed by atoms with Gasteiger partial charge in [0.25, 0.3) is 0 Å². The van der Waals surface area contributed by atoms with Crippen LogP contribution >= 0.6 is 0 Å². The number of sulfonamides is 1. The van der Waals surface area contributed by atoms with Crippen LogP contribution in [0.15, 0.2) is 90.3 Å². The van der Waals surface area contributed by atoms with Crippen LogP contribution in [0.25, 0.3) is 5.57 Å². The third-order valence-corrected chi connectivity index (χ3v) is 9.63. The molecule has 0 spiro atoms. The molecule has 0 radical (unpaired) electrons. The number of halogens is 3. The fourth-order valence-corrected chi connectivity index (χ4v) is 7.55. The van der Waals surface area contributed by atoms with E-state index in [1.165, 1.54) is 18.3 Å². The zero-order valence-electron chi connectivity index (χ0n) is 21.2. The van der Waals surface area contributed by atoms with E-state index in [4.69, 9.17) is 0 Å². The summed E-state index contributed by atoms with van der Waals surface area (Å²) in [5.41, 5.74) is 0.297. The molecule has 1 unspecified atom stereocenters. The van der Waals surface area contributed by atoms with Crippen molar-refractivity contribution in [2.45, 2.75) is 56.8 Å². The monoisotopic (exact) mass is 532 g/mol. The molecule has 3 aromatic rings. The highest BCUT2D eigenvalue weighted by Gasteiger charge is 2.53. The number of benzene rings is 2. The molecule has 0 aliphatic heterocycles. The molecular formula is C28H31F3N2O3S. The number of nitrogens with zero attached hydrogens (tertiary/aromatic N) is 2. The minimum atomic E-state index is -4.86. The maximum absolute atomic E-state index is 14.4. The molecule has 5 nitrogen and oxygen atoms in total. The van der Waals surface area contributed by atoms with E-state index in [9.17, 15) is 26.7 Å². The Morgan fingerprint density at radius 3 is 2.05 bits per heavy atom. The summed E-state index contributed by atoms with van der Waals surface area (Å²) in [6.45, 7) is 6.57. The highest BCUT2D eigenvalue weighted by molar-refractivity contribution is 7.86. The first-order valence-corrected chi connectivity index (χ1v) is 13.4. The number of pyridine rings is 1. The van der Waals surface area contributed by atoms with Gasteiger partial charge < -0.3 is 5.11 Å². The Balaban J connectivity index is 2.32. The van der Waals surface area contributed by atoms with Gasteiger partial charge in [0.1, 0.15) is 11.4 Å². The van der Waals surface area contributed by atoms with Crippen molar-refractivity contribution in [1.82, 2.24) is 4.98 Å². The molecule has 0 saturated carbocycles. The van der Waals surface area contributed by atoms with Crippen LogP contribution < -0.4 is 5.11 Å². The zero-order valence-corrected chi connectivity index (χ0v) is 22.0. The Hall–Kier alpha value is -3.17. The van der Waals surface area contributed by atoms with E-state index in [2.05, 4.69) is 4.98 Å². The molecule has 9 heteroatoms. The quantitative estimate of drug-likeness (QED) is 0.265. The van der Waals surface area contributed by atoms with Gasteiger partial charge in [0.15, 0.2) is 0 Å². The molecule has 1 aromatic heterocycles. The maximum Gasteiger partial charge on any atom is 0.417 e. The summed E-state index contributed by atoms with van der Waals surface area (Å²) in [5, 5.41) is 12.5. The van der Waals surface area contributed by atoms with Gasteiger partial charge >= 0.3 is 16.2 Å². The van der Waals surface area contributed by atoms with Gasteiger partial charge in [-0.2, -0.15) is 21.6 Å². The first-order valence-electron chi connectivity index (χ1n) is 11.9. The van der Waals surface area contributed by atoms with Gasteiger partial charge in [-0.3, -0.25) is 4.98 Å². The van der Waals surface area contributed by atoms with Gasteiger partial charge in [-0.25, -0.2) is 3.89 Å². The lowest BCUT2D eigenvalue weighted by Gasteiger charge is -2.46. The molecule has 0 amide bonds. The molecule has 0 aliphatic rings. The van der Waals surface area contributed by atoms with E-state index in [-0.39, 0.29) is 6.54 Å². The third kappa shape index (κ3) is 5.43. The lowest BCUT2D eigenvalue weighted by atomic mass is 9.87. The van der Waals surface area contributed by atoms with Crippen LogP contribution in [0.1, 0.15) is 50.3 Å². The normalized spacial score (nSPS) is 14.2. The van der Waals surface area contributed by atoms with Crippen molar-refractivity contribution in [3.63, 3.8) is 0 Å². The predicted octanol–water partition coefficient (Wildman–Crippen LogP) is 5.61. The average Bonchev–Trinajstić information content (AvgIpc) is 2.86. The van der Waals surface area contributed by atoms with Gasteiger partial charge in [0, 0.05) is 12.4 Å². The minimum Gasteiger partial charge on any atom is -0.878 e. The standard InChI is InChI=1S/C28H31F3N2O3S/c1-20(2)33(21(3)4,37(35,36)27-15-9-8-14-26(27)28(29,30)31)18-24(22-11-6-5-7-12-22)25(19-34)23-13-10-16-32-17-23/h5-17,19-21,24H,18H2,1-4H3. The summed E-state index contributed by atoms with van der Waals surface area (Å²) in [7, 11) is -4.63. The largest absolute Gasteiger partial charge is 0.878 e. The Morgan fingerprint density at radius 2 is 1.54 bits per heavy atom. The van der Waals surface area contributed by atoms with E-state index in [0.29, 0.717) is 23.0 Å². The van der Waals surface area contributed by atoms with Gasteiger partial charge in [-0.15, -0.1) is 6.26 Å². The maximum atomic E-state index is 14.4. The summed E-state index contributed by atoms with van der Waals surface area (Å²) in [4.78, 5) is 3.33. The molecule has 1 heterocycles. The summed E-state index contributed by atoms with van der Waals surface area (Å²) < 4.78 is 70.0. The minimum absolute atomic E-state index is 0.156. The highest BCUT2D eigenvalue weighted by Crippen LogP contribution is 2.43. The fourth-order valence-electron chi connectivity index (χ4n) is 5.02. The van der Waals surface area contributed by atoms with E-state index < -0.39 is 48.5 Å². The second kappa shape index (κ2) is 11.1. The summed E-state index contributed by atoms with van der Waals surface area (Å²) >= 11 is 0. The van der Waals surface area contributed by atoms with Crippen molar-refractivity contribution in [1.29, 1.82) is 0 Å². The van der Waals surface area contributed by atoms with E-state index in [0.717, 1.165) is 12.1 Å². The average molecular weight is 533 g/mol. The van der Waals surface area contributed by atoms with Crippen molar-refractivity contribution in [3.05, 3.63) is 102 Å². The number of rotatable bonds is 9. The van der Waals surface area contributed by atoms with Crippen LogP contribution in [0.4, 0.5) is 13.2 Å². The van der Waals surface area contributed by atoms with Gasteiger partial charge in [-0.1, -0.05) is 48.5 Å². The lowest BCUT2D eigenvalue weighted by Crippen LogP contribution is -2.62. The zero-order chi connectivity index (χ0) is 27.4. The van der Waals surface area contributed by atoms with E-state index >= 15 is 0 Å². The molecule has 37 heavy (non-hydrogen) atoms. The number of alkyl halides is 3. The molecule has 198 valence electrons.